The van der Waals surface area contributed by atoms with Crippen molar-refractivity contribution in [3.8, 4) is 5.75 Å². The van der Waals surface area contributed by atoms with Gasteiger partial charge >= 0.3 is 6.03 Å². The highest BCUT2D eigenvalue weighted by Gasteiger charge is 2.31. The van der Waals surface area contributed by atoms with E-state index in [1.165, 1.54) is 5.69 Å². The van der Waals surface area contributed by atoms with Gasteiger partial charge in [-0.2, -0.15) is 5.10 Å². The molecule has 1 fully saturated rings. The van der Waals surface area contributed by atoms with Crippen molar-refractivity contribution in [2.75, 3.05) is 48.4 Å². The molecule has 2 aliphatic rings. The fourth-order valence-electron chi connectivity index (χ4n) is 4.38. The van der Waals surface area contributed by atoms with Gasteiger partial charge in [-0.3, -0.25) is 9.69 Å². The van der Waals surface area contributed by atoms with Crippen molar-refractivity contribution < 1.29 is 19.4 Å². The van der Waals surface area contributed by atoms with Crippen LogP contribution in [0, 0.1) is 6.92 Å². The molecule has 12 nitrogen and oxygen atoms in total. The number of pyridine rings is 2. The van der Waals surface area contributed by atoms with Crippen molar-refractivity contribution >= 4 is 35.3 Å². The van der Waals surface area contributed by atoms with E-state index in [1.807, 2.05) is 6.92 Å². The first-order valence-electron chi connectivity index (χ1n) is 11.0. The zero-order valence-corrected chi connectivity index (χ0v) is 19.4. The third kappa shape index (κ3) is 4.57. The van der Waals surface area contributed by atoms with Crippen molar-refractivity contribution in [3.05, 3.63) is 35.9 Å². The number of rotatable bonds is 3. The molecule has 0 aromatic carbocycles. The summed E-state index contributed by atoms with van der Waals surface area (Å²) in [6, 6.07) is 4.01. The number of aromatic nitrogens is 4. The van der Waals surface area contributed by atoms with Crippen LogP contribution in [0.2, 0.25) is 0 Å². The lowest BCUT2D eigenvalue weighted by Gasteiger charge is -2.34. The fourth-order valence-corrected chi connectivity index (χ4v) is 4.38. The highest BCUT2D eigenvalue weighted by atomic mass is 16.5. The minimum absolute atomic E-state index is 0.240. The number of nitrogens with one attached hydrogen (secondary N) is 2. The van der Waals surface area contributed by atoms with Gasteiger partial charge in [0.1, 0.15) is 11.6 Å². The first-order chi connectivity index (χ1) is 16.4. The lowest BCUT2D eigenvalue weighted by atomic mass is 10.1. The van der Waals surface area contributed by atoms with Gasteiger partial charge in [0.15, 0.2) is 11.4 Å². The predicted octanol–water partition coefficient (Wildman–Crippen LogP) is 1.53. The maximum atomic E-state index is 13.2. The van der Waals surface area contributed by atoms with Crippen LogP contribution in [0.3, 0.4) is 0 Å². The zero-order valence-electron chi connectivity index (χ0n) is 19.4. The molecular weight excluding hydrogens is 440 g/mol. The molecule has 3 aromatic rings. The topological polar surface area (TPSA) is 137 Å². The van der Waals surface area contributed by atoms with E-state index in [0.717, 1.165) is 37.4 Å². The maximum absolute atomic E-state index is 13.2. The summed E-state index contributed by atoms with van der Waals surface area (Å²) in [6.07, 6.45) is 4.28. The normalized spacial score (nSPS) is 17.1. The number of hydrogen-bond donors (Lipinski definition) is 3. The summed E-state index contributed by atoms with van der Waals surface area (Å²) >= 11 is 0. The van der Waals surface area contributed by atoms with Crippen LogP contribution in [0.1, 0.15) is 18.3 Å². The van der Waals surface area contributed by atoms with Crippen LogP contribution in [0.15, 0.2) is 24.5 Å². The fraction of sp³-hybridized carbons (Fsp3) is 0.409. The van der Waals surface area contributed by atoms with E-state index in [4.69, 9.17) is 14.6 Å². The van der Waals surface area contributed by atoms with Gasteiger partial charge in [0.25, 0.3) is 6.47 Å². The van der Waals surface area contributed by atoms with Crippen LogP contribution in [-0.2, 0) is 11.2 Å². The molecular formula is C22H28N8O4. The second kappa shape index (κ2) is 9.91. The Morgan fingerprint density at radius 2 is 2.18 bits per heavy atom. The summed E-state index contributed by atoms with van der Waals surface area (Å²) in [5.74, 6) is 1.89. The first-order valence-corrected chi connectivity index (χ1v) is 11.0. The maximum Gasteiger partial charge on any atom is 0.327 e. The van der Waals surface area contributed by atoms with E-state index in [9.17, 15) is 4.79 Å². The monoisotopic (exact) mass is 468 g/mol. The number of fused-ring (bicyclic) bond motifs is 2. The van der Waals surface area contributed by atoms with Gasteiger partial charge in [0.05, 0.1) is 19.0 Å². The summed E-state index contributed by atoms with van der Waals surface area (Å²) in [6.45, 7) is 7.18. The zero-order chi connectivity index (χ0) is 24.2. The average molecular weight is 469 g/mol. The second-order valence-electron chi connectivity index (χ2n) is 8.09. The standard InChI is InChI=1S/C21H26N8O2.CH2O2/c1-13-11-27(9-7-22-13)17-4-6-23-20-15(17)5-8-28(20)21(30)25-16-10-19-24-14(2)26-29(19)12-18(16)31-3;2-1-3/h4,6,10,12-13,22H,5,7-9,11H2,1-3H3,(H,25,30);1H,(H,2,3)/t13-;/m1./s1. The van der Waals surface area contributed by atoms with Crippen LogP contribution in [0.25, 0.3) is 5.65 Å². The highest BCUT2D eigenvalue weighted by Crippen LogP contribution is 2.35. The number of carboxylic acid groups (broad SMARTS) is 1. The summed E-state index contributed by atoms with van der Waals surface area (Å²) in [5.41, 5.74) is 3.49. The molecule has 0 spiro atoms. The predicted molar refractivity (Wildman–Crippen MR) is 127 cm³/mol. The summed E-state index contributed by atoms with van der Waals surface area (Å²) in [4.78, 5) is 34.5. The number of methoxy groups -OCH3 is 1. The van der Waals surface area contributed by atoms with E-state index in [0.29, 0.717) is 35.5 Å². The molecule has 2 aliphatic heterocycles. The van der Waals surface area contributed by atoms with Gasteiger partial charge in [-0.05, 0) is 26.3 Å². The van der Waals surface area contributed by atoms with Crippen LogP contribution < -0.4 is 25.2 Å². The Kier molecular flexibility index (Phi) is 6.77. The smallest absolute Gasteiger partial charge is 0.327 e. The van der Waals surface area contributed by atoms with Gasteiger partial charge < -0.3 is 25.4 Å². The molecule has 0 radical (unpaired) electrons. The summed E-state index contributed by atoms with van der Waals surface area (Å²) in [7, 11) is 1.56. The SMILES string of the molecule is COc1cn2nc(C)nc2cc1NC(=O)N1CCc2c(N3CCN[C@H](C)C3)ccnc21.O=CO. The van der Waals surface area contributed by atoms with E-state index in [1.54, 1.807) is 35.0 Å². The van der Waals surface area contributed by atoms with E-state index in [2.05, 4.69) is 43.6 Å². The van der Waals surface area contributed by atoms with Crippen molar-refractivity contribution in [2.24, 2.45) is 0 Å². The van der Waals surface area contributed by atoms with Crippen LogP contribution in [0.4, 0.5) is 22.0 Å². The Morgan fingerprint density at radius 1 is 1.38 bits per heavy atom. The van der Waals surface area contributed by atoms with Crippen molar-refractivity contribution in [1.29, 1.82) is 0 Å². The Bertz CT molecular complexity index is 1200. The number of anilines is 3. The molecule has 2 amide bonds. The third-order valence-corrected chi connectivity index (χ3v) is 5.81. The molecule has 5 rings (SSSR count). The molecule has 3 aromatic heterocycles. The molecule has 0 saturated carbocycles. The average Bonchev–Trinajstić information content (AvgIpc) is 3.41. The lowest BCUT2D eigenvalue weighted by Crippen LogP contribution is -2.49. The number of urea groups is 1. The number of hydrogen-bond acceptors (Lipinski definition) is 8. The lowest BCUT2D eigenvalue weighted by molar-refractivity contribution is -0.122. The van der Waals surface area contributed by atoms with Crippen LogP contribution in [0.5, 0.6) is 5.75 Å². The number of ether oxygens (including phenoxy) is 1. The van der Waals surface area contributed by atoms with Crippen molar-refractivity contribution in [2.45, 2.75) is 26.3 Å². The Hall–Kier alpha value is -3.93. The molecule has 3 N–H and O–H groups in total. The molecule has 180 valence electrons. The molecule has 0 bridgehead atoms. The van der Waals surface area contributed by atoms with E-state index >= 15 is 0 Å². The van der Waals surface area contributed by atoms with Gasteiger partial charge in [0.2, 0.25) is 0 Å². The Balaban J connectivity index is 0.000000868. The molecule has 34 heavy (non-hydrogen) atoms. The molecule has 0 aliphatic carbocycles. The van der Waals surface area contributed by atoms with Crippen molar-refractivity contribution in [3.63, 3.8) is 0 Å². The van der Waals surface area contributed by atoms with Crippen LogP contribution in [-0.4, -0.2) is 76.5 Å². The Labute approximate surface area is 196 Å². The molecule has 5 heterocycles. The molecule has 1 saturated heterocycles. The van der Waals surface area contributed by atoms with Crippen molar-refractivity contribution in [1.82, 2.24) is 24.9 Å². The van der Waals surface area contributed by atoms with Crippen LogP contribution >= 0.6 is 0 Å². The second-order valence-corrected chi connectivity index (χ2v) is 8.09. The summed E-state index contributed by atoms with van der Waals surface area (Å²) < 4.78 is 7.09. The number of nitrogens with zero attached hydrogens (tertiary/aromatic N) is 6. The quantitative estimate of drug-likeness (QED) is 0.489. The number of carbonyl (C=O) groups excluding carboxylic acids is 1. The molecule has 12 heteroatoms. The van der Waals surface area contributed by atoms with E-state index in [-0.39, 0.29) is 12.5 Å². The largest absolute Gasteiger partial charge is 0.493 e. The van der Waals surface area contributed by atoms with Gasteiger partial charge in [-0.25, -0.2) is 19.3 Å². The minimum atomic E-state index is -0.250. The highest BCUT2D eigenvalue weighted by molar-refractivity contribution is 6.04. The number of amides is 2. The molecule has 1 atom stereocenters. The van der Waals surface area contributed by atoms with Gasteiger partial charge in [-0.15, -0.1) is 0 Å². The molecule has 0 unspecified atom stereocenters. The first kappa shape index (κ1) is 23.2. The third-order valence-electron chi connectivity index (χ3n) is 5.81. The minimum Gasteiger partial charge on any atom is -0.493 e. The number of aryl methyl sites for hydroxylation is 1. The van der Waals surface area contributed by atoms with Gasteiger partial charge in [0, 0.05) is 55.7 Å². The van der Waals surface area contributed by atoms with Gasteiger partial charge in [-0.1, -0.05) is 0 Å². The summed E-state index contributed by atoms with van der Waals surface area (Å²) in [5, 5.41) is 17.6. The number of piperazine rings is 1. The van der Waals surface area contributed by atoms with E-state index < -0.39 is 0 Å². The number of carbonyl (C=O) groups is 2. The Morgan fingerprint density at radius 3 is 2.91 bits per heavy atom.